The van der Waals surface area contributed by atoms with E-state index in [-0.39, 0.29) is 33.8 Å². The molecule has 0 heterocycles. The molecule has 4 aromatic carbocycles. The summed E-state index contributed by atoms with van der Waals surface area (Å²) in [7, 11) is 3.08. The number of carbonyl (C=O) groups is 4. The van der Waals surface area contributed by atoms with Crippen molar-refractivity contribution < 1.29 is 38.9 Å². The Kier molecular flexibility index (Phi) is 9.10. The van der Waals surface area contributed by atoms with Gasteiger partial charge in [0.25, 0.3) is 0 Å². The average Bonchev–Trinajstić information content (AvgIpc) is 2.96. The molecule has 38 heavy (non-hydrogen) atoms. The van der Waals surface area contributed by atoms with Crippen LogP contribution in [0.5, 0.6) is 11.5 Å². The number of carbonyl (C=O) groups excluding carboxylic acids is 2. The molecule has 4 rings (SSSR count). The lowest BCUT2D eigenvalue weighted by Gasteiger charge is -2.06. The van der Waals surface area contributed by atoms with Gasteiger partial charge in [0.05, 0.1) is 25.3 Å². The quantitative estimate of drug-likeness (QED) is 0.307. The third-order valence-corrected chi connectivity index (χ3v) is 5.51. The third-order valence-electron chi connectivity index (χ3n) is 5.51. The van der Waals surface area contributed by atoms with Gasteiger partial charge in [-0.15, -0.1) is 0 Å². The number of benzene rings is 4. The second-order valence-corrected chi connectivity index (χ2v) is 7.82. The highest BCUT2D eigenvalue weighted by Gasteiger charge is 2.18. The van der Waals surface area contributed by atoms with Crippen LogP contribution in [0.3, 0.4) is 0 Å². The van der Waals surface area contributed by atoms with Crippen molar-refractivity contribution in [3.05, 3.63) is 130 Å². The van der Waals surface area contributed by atoms with Gasteiger partial charge in [-0.2, -0.15) is 0 Å². The van der Waals surface area contributed by atoms with E-state index in [2.05, 4.69) is 0 Å². The molecule has 0 saturated carbocycles. The summed E-state index contributed by atoms with van der Waals surface area (Å²) in [5.74, 6) is -1.58. The first-order valence-corrected chi connectivity index (χ1v) is 11.3. The van der Waals surface area contributed by atoms with E-state index in [4.69, 9.17) is 19.7 Å². The molecule has 0 aliphatic carbocycles. The minimum Gasteiger partial charge on any atom is -0.497 e. The fraction of sp³-hybridized carbons (Fsp3) is 0.0667. The molecule has 0 fully saturated rings. The van der Waals surface area contributed by atoms with Gasteiger partial charge in [-0.25, -0.2) is 9.59 Å². The number of ether oxygens (including phenoxy) is 2. The lowest BCUT2D eigenvalue weighted by Crippen LogP contribution is -2.09. The van der Waals surface area contributed by atoms with E-state index >= 15 is 0 Å². The fourth-order valence-electron chi connectivity index (χ4n) is 3.53. The molecule has 2 N–H and O–H groups in total. The van der Waals surface area contributed by atoms with E-state index < -0.39 is 11.9 Å². The first kappa shape index (κ1) is 27.3. The largest absolute Gasteiger partial charge is 0.497 e. The predicted octanol–water partition coefficient (Wildman–Crippen LogP) is 5.25. The van der Waals surface area contributed by atoms with Crippen LogP contribution in [0.25, 0.3) is 0 Å². The summed E-state index contributed by atoms with van der Waals surface area (Å²) in [5.41, 5.74) is 1.22. The first-order valence-electron chi connectivity index (χ1n) is 11.3. The Morgan fingerprint density at radius 2 is 0.763 bits per heavy atom. The summed E-state index contributed by atoms with van der Waals surface area (Å²) < 4.78 is 10.0. The number of methoxy groups -OCH3 is 2. The number of aromatic carboxylic acids is 2. The number of hydrogen-bond donors (Lipinski definition) is 2. The van der Waals surface area contributed by atoms with Gasteiger partial charge in [0.1, 0.15) is 11.5 Å². The molecule has 0 unspecified atom stereocenters. The third kappa shape index (κ3) is 6.50. The Balaban J connectivity index is 0.000000211. The molecule has 0 radical (unpaired) electrons. The molecule has 0 aliphatic rings. The lowest BCUT2D eigenvalue weighted by molar-refractivity contribution is 0.0683. The van der Waals surface area contributed by atoms with Gasteiger partial charge in [0.2, 0.25) is 0 Å². The molecule has 0 atom stereocenters. The molecular formula is C30H24O8. The predicted molar refractivity (Wildman–Crippen MR) is 140 cm³/mol. The van der Waals surface area contributed by atoms with Gasteiger partial charge >= 0.3 is 11.9 Å². The van der Waals surface area contributed by atoms with E-state index in [1.165, 1.54) is 38.5 Å². The highest BCUT2D eigenvalue weighted by Crippen LogP contribution is 2.19. The van der Waals surface area contributed by atoms with Crippen LogP contribution in [0.4, 0.5) is 0 Å². The first-order chi connectivity index (χ1) is 18.3. The van der Waals surface area contributed by atoms with Crippen molar-refractivity contribution in [2.75, 3.05) is 14.2 Å². The Morgan fingerprint density at radius 1 is 0.474 bits per heavy atom. The maximum atomic E-state index is 12.3. The Hall–Kier alpha value is -5.24. The second-order valence-electron chi connectivity index (χ2n) is 7.82. The highest BCUT2D eigenvalue weighted by atomic mass is 16.5. The molecule has 0 saturated heterocycles. The molecule has 4 aromatic rings. The summed E-state index contributed by atoms with van der Waals surface area (Å²) in [4.78, 5) is 46.7. The standard InChI is InChI=1S/2C15H12O4/c2*1-19-11-8-6-10(7-9-11)14(16)12-4-2-3-5-13(12)15(17)18/h2*2-9H,1H3,(H,17,18). The molecule has 0 amide bonds. The minimum atomic E-state index is -1.11. The van der Waals surface area contributed by atoms with Crippen LogP contribution in [-0.2, 0) is 0 Å². The summed E-state index contributed by atoms with van der Waals surface area (Å²) in [6.07, 6.45) is 0. The van der Waals surface area contributed by atoms with E-state index in [1.54, 1.807) is 72.8 Å². The summed E-state index contributed by atoms with van der Waals surface area (Å²) in [6.45, 7) is 0. The van der Waals surface area contributed by atoms with Crippen LogP contribution in [0, 0.1) is 0 Å². The van der Waals surface area contributed by atoms with E-state index in [9.17, 15) is 19.2 Å². The number of carboxylic acids is 2. The second kappa shape index (κ2) is 12.6. The molecule has 8 heteroatoms. The summed E-state index contributed by atoms with van der Waals surface area (Å²) in [6, 6.07) is 25.4. The van der Waals surface area contributed by atoms with Crippen molar-refractivity contribution in [2.45, 2.75) is 0 Å². The van der Waals surface area contributed by atoms with Crippen molar-refractivity contribution in [3.8, 4) is 11.5 Å². The SMILES string of the molecule is COc1ccc(C(=O)c2ccccc2C(=O)O)cc1.COc1ccc(C(=O)c2ccccc2C(=O)O)cc1. The van der Waals surface area contributed by atoms with Gasteiger partial charge < -0.3 is 19.7 Å². The highest BCUT2D eigenvalue weighted by molar-refractivity contribution is 6.15. The number of rotatable bonds is 8. The van der Waals surface area contributed by atoms with E-state index in [1.807, 2.05) is 0 Å². The van der Waals surface area contributed by atoms with Gasteiger partial charge in [-0.1, -0.05) is 36.4 Å². The molecule has 0 spiro atoms. The maximum absolute atomic E-state index is 12.3. The molecule has 0 aromatic heterocycles. The van der Waals surface area contributed by atoms with Crippen LogP contribution < -0.4 is 9.47 Å². The zero-order valence-electron chi connectivity index (χ0n) is 20.6. The van der Waals surface area contributed by atoms with Gasteiger partial charge in [0.15, 0.2) is 11.6 Å². The Labute approximate surface area is 218 Å². The Morgan fingerprint density at radius 3 is 1.03 bits per heavy atom. The average molecular weight is 513 g/mol. The number of ketones is 2. The molecular weight excluding hydrogens is 488 g/mol. The van der Waals surface area contributed by atoms with E-state index in [0.29, 0.717) is 22.6 Å². The van der Waals surface area contributed by atoms with Gasteiger partial charge in [0, 0.05) is 22.3 Å². The topological polar surface area (TPSA) is 127 Å². The van der Waals surface area contributed by atoms with Crippen molar-refractivity contribution in [1.29, 1.82) is 0 Å². The van der Waals surface area contributed by atoms with Crippen LogP contribution in [0.1, 0.15) is 52.6 Å². The van der Waals surface area contributed by atoms with Gasteiger partial charge in [-0.3, -0.25) is 9.59 Å². The molecule has 0 aliphatic heterocycles. The number of hydrogen-bond acceptors (Lipinski definition) is 6. The van der Waals surface area contributed by atoms with Crippen molar-refractivity contribution in [2.24, 2.45) is 0 Å². The van der Waals surface area contributed by atoms with Crippen LogP contribution >= 0.6 is 0 Å². The zero-order valence-corrected chi connectivity index (χ0v) is 20.6. The van der Waals surface area contributed by atoms with Crippen LogP contribution in [0.2, 0.25) is 0 Å². The maximum Gasteiger partial charge on any atom is 0.336 e. The van der Waals surface area contributed by atoms with Crippen LogP contribution in [0.15, 0.2) is 97.1 Å². The van der Waals surface area contributed by atoms with Crippen molar-refractivity contribution >= 4 is 23.5 Å². The number of carboxylic acid groups (broad SMARTS) is 2. The molecule has 8 nitrogen and oxygen atoms in total. The smallest absolute Gasteiger partial charge is 0.336 e. The van der Waals surface area contributed by atoms with Gasteiger partial charge in [-0.05, 0) is 60.7 Å². The van der Waals surface area contributed by atoms with E-state index in [0.717, 1.165) is 0 Å². The normalized spacial score (nSPS) is 9.95. The van der Waals surface area contributed by atoms with Crippen molar-refractivity contribution in [3.63, 3.8) is 0 Å². The van der Waals surface area contributed by atoms with Crippen LogP contribution in [-0.4, -0.2) is 47.9 Å². The molecule has 192 valence electrons. The minimum absolute atomic E-state index is 0.00307. The molecule has 0 bridgehead atoms. The van der Waals surface area contributed by atoms with Crippen molar-refractivity contribution in [1.82, 2.24) is 0 Å². The Bertz CT molecular complexity index is 1340. The fourth-order valence-corrected chi connectivity index (χ4v) is 3.53. The summed E-state index contributed by atoms with van der Waals surface area (Å²) in [5, 5.41) is 18.1. The summed E-state index contributed by atoms with van der Waals surface area (Å²) >= 11 is 0. The monoisotopic (exact) mass is 512 g/mol. The lowest BCUT2D eigenvalue weighted by atomic mass is 9.98. The zero-order chi connectivity index (χ0) is 27.7.